The smallest absolute Gasteiger partial charge is 0.308 e. The molecule has 0 atom stereocenters. The van der Waals surface area contributed by atoms with Crippen LogP contribution in [0.2, 0.25) is 0 Å². The third kappa shape index (κ3) is 3.35. The molecule has 0 unspecified atom stereocenters. The first-order valence-electron chi connectivity index (χ1n) is 4.59. The van der Waals surface area contributed by atoms with Crippen molar-refractivity contribution < 1.29 is 9.53 Å². The molecule has 0 heterocycles. The normalized spacial score (nSPS) is 22.7. The van der Waals surface area contributed by atoms with Crippen LogP contribution in [0.4, 0.5) is 0 Å². The number of rotatable bonds is 2. The van der Waals surface area contributed by atoms with Gasteiger partial charge in [0, 0.05) is 0 Å². The molecule has 13 heavy (non-hydrogen) atoms. The van der Waals surface area contributed by atoms with Crippen LogP contribution in [-0.4, -0.2) is 16.9 Å². The highest BCUT2D eigenvalue weighted by Gasteiger charge is 2.34. The molecule has 1 fully saturated rings. The van der Waals surface area contributed by atoms with Gasteiger partial charge >= 0.3 is 5.97 Å². The van der Waals surface area contributed by atoms with Gasteiger partial charge in [-0.3, -0.25) is 4.79 Å². The molecule has 0 aromatic rings. The number of carbonyl (C=O) groups excluding carboxylic acids is 1. The van der Waals surface area contributed by atoms with Crippen LogP contribution in [0.25, 0.3) is 0 Å². The van der Waals surface area contributed by atoms with Crippen LogP contribution in [0.15, 0.2) is 0 Å². The van der Waals surface area contributed by atoms with Crippen LogP contribution in [0, 0.1) is 5.92 Å². The lowest BCUT2D eigenvalue weighted by Crippen LogP contribution is -2.28. The summed E-state index contributed by atoms with van der Waals surface area (Å²) in [5.74, 6) is -0.100. The van der Waals surface area contributed by atoms with Crippen molar-refractivity contribution in [1.82, 2.24) is 0 Å². The Balaban J connectivity index is 2.36. The van der Waals surface area contributed by atoms with Crippen molar-refractivity contribution in [2.24, 2.45) is 5.92 Å². The highest BCUT2D eigenvalue weighted by atomic mass is 35.5. The lowest BCUT2D eigenvalue weighted by molar-refractivity contribution is -0.149. The summed E-state index contributed by atoms with van der Waals surface area (Å²) in [5, 5.41) is 0. The van der Waals surface area contributed by atoms with Crippen LogP contribution < -0.4 is 0 Å². The van der Waals surface area contributed by atoms with Gasteiger partial charge in [0.1, 0.15) is 4.33 Å². The van der Waals surface area contributed by atoms with Gasteiger partial charge in [0.15, 0.2) is 0 Å². The summed E-state index contributed by atoms with van der Waals surface area (Å²) in [6.07, 6.45) is 2.84. The first kappa shape index (κ1) is 11.1. The number of ether oxygens (including phenoxy) is 1. The zero-order chi connectivity index (χ0) is 9.90. The Bertz CT molecular complexity index is 182. The van der Waals surface area contributed by atoms with Gasteiger partial charge in [0.25, 0.3) is 0 Å². The zero-order valence-electron chi connectivity index (χ0n) is 7.69. The van der Waals surface area contributed by atoms with E-state index in [9.17, 15) is 4.79 Å². The van der Waals surface area contributed by atoms with Crippen molar-refractivity contribution in [2.45, 2.75) is 36.9 Å². The van der Waals surface area contributed by atoms with Crippen LogP contribution in [-0.2, 0) is 9.53 Å². The number of hydrogen-bond acceptors (Lipinski definition) is 2. The number of hydrogen-bond donors (Lipinski definition) is 0. The van der Waals surface area contributed by atoms with Gasteiger partial charge in [-0.1, -0.05) is 0 Å². The molecule has 2 nitrogen and oxygen atoms in total. The molecule has 0 N–H and O–H groups in total. The molecule has 0 aliphatic heterocycles. The molecule has 0 amide bonds. The van der Waals surface area contributed by atoms with E-state index >= 15 is 0 Å². The molecule has 0 bridgehead atoms. The number of carbonyl (C=O) groups is 1. The van der Waals surface area contributed by atoms with Gasteiger partial charge in [-0.25, -0.2) is 0 Å². The summed E-state index contributed by atoms with van der Waals surface area (Å²) in [5.41, 5.74) is 0. The maximum Gasteiger partial charge on any atom is 0.308 e. The topological polar surface area (TPSA) is 26.3 Å². The van der Waals surface area contributed by atoms with Crippen LogP contribution >= 0.6 is 23.2 Å². The third-order valence-electron chi connectivity index (χ3n) is 2.34. The molecule has 0 aromatic heterocycles. The Kier molecular flexibility index (Phi) is 3.87. The number of esters is 1. The summed E-state index contributed by atoms with van der Waals surface area (Å²) in [6, 6.07) is 0. The third-order valence-corrected chi connectivity index (χ3v) is 3.09. The minimum atomic E-state index is -0.622. The number of halogens is 2. The second kappa shape index (κ2) is 4.52. The molecular weight excluding hydrogens is 211 g/mol. The molecule has 0 saturated heterocycles. The molecule has 0 aromatic carbocycles. The van der Waals surface area contributed by atoms with E-state index < -0.39 is 4.33 Å². The minimum absolute atomic E-state index is 0.00516. The SMILES string of the molecule is CCOC(=O)C1CCC(Cl)(Cl)CC1. The second-order valence-electron chi connectivity index (χ2n) is 3.38. The standard InChI is InChI=1S/C9H14Cl2O2/c1-2-13-8(12)7-3-5-9(10,11)6-4-7/h7H,2-6H2,1H3. The molecule has 1 aliphatic rings. The van der Waals surface area contributed by atoms with E-state index in [-0.39, 0.29) is 11.9 Å². The summed E-state index contributed by atoms with van der Waals surface area (Å²) in [4.78, 5) is 11.3. The summed E-state index contributed by atoms with van der Waals surface area (Å²) in [7, 11) is 0. The molecule has 1 saturated carbocycles. The van der Waals surface area contributed by atoms with E-state index in [1.54, 1.807) is 0 Å². The fraction of sp³-hybridized carbons (Fsp3) is 0.889. The van der Waals surface area contributed by atoms with Crippen molar-refractivity contribution in [3.05, 3.63) is 0 Å². The van der Waals surface area contributed by atoms with E-state index in [1.165, 1.54) is 0 Å². The lowest BCUT2D eigenvalue weighted by Gasteiger charge is -2.29. The van der Waals surface area contributed by atoms with E-state index in [1.807, 2.05) is 6.92 Å². The predicted molar refractivity (Wildman–Crippen MR) is 53.0 cm³/mol. The fourth-order valence-corrected chi connectivity index (χ4v) is 1.97. The Morgan fingerprint density at radius 3 is 2.46 bits per heavy atom. The van der Waals surface area contributed by atoms with Crippen LogP contribution in [0.3, 0.4) is 0 Å². The predicted octanol–water partition coefficient (Wildman–Crippen LogP) is 2.91. The van der Waals surface area contributed by atoms with E-state index in [2.05, 4.69) is 0 Å². The molecule has 0 spiro atoms. The van der Waals surface area contributed by atoms with Gasteiger partial charge in [-0.05, 0) is 32.6 Å². The van der Waals surface area contributed by atoms with Crippen molar-refractivity contribution >= 4 is 29.2 Å². The highest BCUT2D eigenvalue weighted by Crippen LogP contribution is 2.40. The monoisotopic (exact) mass is 224 g/mol. The van der Waals surface area contributed by atoms with Crippen LogP contribution in [0.5, 0.6) is 0 Å². The minimum Gasteiger partial charge on any atom is -0.466 e. The summed E-state index contributed by atoms with van der Waals surface area (Å²) in [6.45, 7) is 2.26. The van der Waals surface area contributed by atoms with Crippen molar-refractivity contribution in [1.29, 1.82) is 0 Å². The molecular formula is C9H14Cl2O2. The Morgan fingerprint density at radius 1 is 1.46 bits per heavy atom. The van der Waals surface area contributed by atoms with Gasteiger partial charge in [0.2, 0.25) is 0 Å². The molecule has 1 aliphatic carbocycles. The van der Waals surface area contributed by atoms with Gasteiger partial charge in [-0.2, -0.15) is 0 Å². The maximum atomic E-state index is 11.3. The Morgan fingerprint density at radius 2 is 2.00 bits per heavy atom. The Hall–Kier alpha value is 0.0500. The van der Waals surface area contributed by atoms with Crippen molar-refractivity contribution in [2.75, 3.05) is 6.61 Å². The summed E-state index contributed by atoms with van der Waals surface area (Å²) >= 11 is 11.9. The highest BCUT2D eigenvalue weighted by molar-refractivity contribution is 6.48. The largest absolute Gasteiger partial charge is 0.466 e. The average molecular weight is 225 g/mol. The van der Waals surface area contributed by atoms with Gasteiger partial charge in [0.05, 0.1) is 12.5 Å². The Labute approximate surface area is 88.5 Å². The summed E-state index contributed by atoms with van der Waals surface area (Å²) < 4.78 is 4.30. The quantitative estimate of drug-likeness (QED) is 0.533. The first-order chi connectivity index (χ1) is 6.05. The van der Waals surface area contributed by atoms with Gasteiger partial charge < -0.3 is 4.74 Å². The molecule has 4 heteroatoms. The first-order valence-corrected chi connectivity index (χ1v) is 5.35. The lowest BCUT2D eigenvalue weighted by atomic mass is 9.89. The fourth-order valence-electron chi connectivity index (χ4n) is 1.54. The van der Waals surface area contributed by atoms with Crippen molar-refractivity contribution in [3.8, 4) is 0 Å². The zero-order valence-corrected chi connectivity index (χ0v) is 9.20. The van der Waals surface area contributed by atoms with Crippen LogP contribution in [0.1, 0.15) is 32.6 Å². The van der Waals surface area contributed by atoms with E-state index in [0.29, 0.717) is 19.4 Å². The number of alkyl halides is 2. The molecule has 1 rings (SSSR count). The average Bonchev–Trinajstić information content (AvgIpc) is 2.04. The van der Waals surface area contributed by atoms with Crippen molar-refractivity contribution in [3.63, 3.8) is 0 Å². The van der Waals surface area contributed by atoms with Gasteiger partial charge in [-0.15, -0.1) is 23.2 Å². The molecule has 76 valence electrons. The molecule has 0 radical (unpaired) electrons. The maximum absolute atomic E-state index is 11.3. The second-order valence-corrected chi connectivity index (χ2v) is 5.02. The van der Waals surface area contributed by atoms with E-state index in [0.717, 1.165) is 12.8 Å². The van der Waals surface area contributed by atoms with E-state index in [4.69, 9.17) is 27.9 Å².